The summed E-state index contributed by atoms with van der Waals surface area (Å²) in [6, 6.07) is 5.14. The molecule has 2 nitrogen and oxygen atoms in total. The molecule has 132 valence electrons. The molecule has 0 fully saturated rings. The number of hydrogen-bond donors (Lipinski definition) is 2. The third-order valence-electron chi connectivity index (χ3n) is 4.05. The molecule has 1 aromatic rings. The number of benzene rings is 1. The first kappa shape index (κ1) is 20.0. The van der Waals surface area contributed by atoms with E-state index in [1.165, 1.54) is 25.7 Å². The molecule has 0 aliphatic heterocycles. The van der Waals surface area contributed by atoms with Crippen molar-refractivity contribution >= 4 is 0 Å². The molecule has 1 rings (SSSR count). The number of aliphatic hydroxyl groups excluding tert-OH is 2. The molecule has 0 bridgehead atoms. The van der Waals surface area contributed by atoms with Crippen LogP contribution in [-0.4, -0.2) is 22.5 Å². The number of halogens is 3. The number of aryl methyl sites for hydroxylation is 1. The molecule has 0 radical (unpaired) electrons. The molecule has 0 saturated carbocycles. The Kier molecular flexibility index (Phi) is 8.63. The molecular formula is C18H27F3O2. The largest absolute Gasteiger partial charge is 0.414 e. The van der Waals surface area contributed by atoms with Crippen molar-refractivity contribution in [1.82, 2.24) is 0 Å². The highest BCUT2D eigenvalue weighted by Crippen LogP contribution is 2.25. The van der Waals surface area contributed by atoms with Gasteiger partial charge in [-0.1, -0.05) is 57.2 Å². The zero-order valence-corrected chi connectivity index (χ0v) is 13.7. The van der Waals surface area contributed by atoms with Crippen LogP contribution in [0.25, 0.3) is 0 Å². The molecule has 5 heteroatoms. The number of unbranched alkanes of at least 4 members (excludes halogenated alkanes) is 5. The lowest BCUT2D eigenvalue weighted by Crippen LogP contribution is -2.30. The van der Waals surface area contributed by atoms with E-state index in [1.807, 2.05) is 0 Å². The Morgan fingerprint density at radius 1 is 1.00 bits per heavy atom. The Bertz CT molecular complexity index is 458. The van der Waals surface area contributed by atoms with E-state index in [9.17, 15) is 18.3 Å². The van der Waals surface area contributed by atoms with Crippen LogP contribution in [0.2, 0.25) is 0 Å². The fraction of sp³-hybridized carbons (Fsp3) is 0.667. The number of aliphatic hydroxyl groups is 2. The zero-order chi connectivity index (χ0) is 17.3. The first-order chi connectivity index (χ1) is 10.9. The molecule has 2 N–H and O–H groups in total. The summed E-state index contributed by atoms with van der Waals surface area (Å²) >= 11 is 0. The smallest absolute Gasteiger partial charge is 0.392 e. The van der Waals surface area contributed by atoms with Crippen LogP contribution in [0.4, 0.5) is 13.2 Å². The quantitative estimate of drug-likeness (QED) is 0.617. The van der Waals surface area contributed by atoms with Gasteiger partial charge in [0.1, 0.15) is 0 Å². The van der Waals surface area contributed by atoms with E-state index in [0.717, 1.165) is 24.8 Å². The maximum absolute atomic E-state index is 12.4. The second kappa shape index (κ2) is 9.93. The van der Waals surface area contributed by atoms with E-state index in [2.05, 4.69) is 6.92 Å². The van der Waals surface area contributed by atoms with Crippen LogP contribution in [0.15, 0.2) is 18.2 Å². The molecule has 0 aromatic heterocycles. The van der Waals surface area contributed by atoms with Crippen molar-refractivity contribution in [3.05, 3.63) is 34.9 Å². The Morgan fingerprint density at radius 2 is 1.65 bits per heavy atom. The summed E-state index contributed by atoms with van der Waals surface area (Å²) in [7, 11) is 0. The van der Waals surface area contributed by atoms with Crippen molar-refractivity contribution in [3.63, 3.8) is 0 Å². The second-order valence-corrected chi connectivity index (χ2v) is 6.04. The Balaban J connectivity index is 2.55. The van der Waals surface area contributed by atoms with Gasteiger partial charge in [-0.2, -0.15) is 13.2 Å². The van der Waals surface area contributed by atoms with Crippen LogP contribution < -0.4 is 0 Å². The summed E-state index contributed by atoms with van der Waals surface area (Å²) in [6.07, 6.45) is 0.417. The fourth-order valence-corrected chi connectivity index (χ4v) is 2.61. The predicted molar refractivity (Wildman–Crippen MR) is 85.2 cm³/mol. The van der Waals surface area contributed by atoms with E-state index in [1.54, 1.807) is 18.2 Å². The predicted octanol–water partition coefficient (Wildman–Crippen LogP) is 4.55. The van der Waals surface area contributed by atoms with E-state index < -0.39 is 18.7 Å². The van der Waals surface area contributed by atoms with Gasteiger partial charge in [-0.3, -0.25) is 0 Å². The summed E-state index contributed by atoms with van der Waals surface area (Å²) < 4.78 is 37.3. The molecule has 0 spiro atoms. The summed E-state index contributed by atoms with van der Waals surface area (Å²) in [5.41, 5.74) is 1.84. The Labute approximate surface area is 136 Å². The van der Waals surface area contributed by atoms with Crippen molar-refractivity contribution in [2.75, 3.05) is 0 Å². The lowest BCUT2D eigenvalue weighted by atomic mass is 9.96. The molecule has 0 saturated heterocycles. The molecule has 1 unspecified atom stereocenters. The van der Waals surface area contributed by atoms with Gasteiger partial charge in [0.05, 0.1) is 6.61 Å². The third-order valence-corrected chi connectivity index (χ3v) is 4.05. The summed E-state index contributed by atoms with van der Waals surface area (Å²) in [5.74, 6) is 0. The highest BCUT2D eigenvalue weighted by molar-refractivity contribution is 5.32. The van der Waals surface area contributed by atoms with Crippen molar-refractivity contribution in [2.45, 2.75) is 77.2 Å². The average molecular weight is 332 g/mol. The maximum Gasteiger partial charge on any atom is 0.414 e. The number of hydrogen-bond acceptors (Lipinski definition) is 2. The topological polar surface area (TPSA) is 40.5 Å². The molecule has 1 aromatic carbocycles. The SMILES string of the molecule is CCCCCCCCc1ccc(CC(O)C(F)(F)F)c(CO)c1. The molecule has 1 atom stereocenters. The number of alkyl halides is 3. The van der Waals surface area contributed by atoms with Gasteiger partial charge in [0.2, 0.25) is 0 Å². The second-order valence-electron chi connectivity index (χ2n) is 6.04. The van der Waals surface area contributed by atoms with Crippen LogP contribution in [0.3, 0.4) is 0 Å². The minimum atomic E-state index is -4.64. The molecular weight excluding hydrogens is 305 g/mol. The standard InChI is InChI=1S/C18H27F3O2/c1-2-3-4-5-6-7-8-14-9-10-15(16(11-14)13-22)12-17(23)18(19,20)21/h9-11,17,22-23H,2-8,12-13H2,1H3. The third kappa shape index (κ3) is 7.36. The average Bonchev–Trinajstić information content (AvgIpc) is 2.50. The first-order valence-corrected chi connectivity index (χ1v) is 8.34. The Morgan fingerprint density at radius 3 is 2.26 bits per heavy atom. The fourth-order valence-electron chi connectivity index (χ4n) is 2.61. The van der Waals surface area contributed by atoms with Crippen LogP contribution in [0, 0.1) is 0 Å². The van der Waals surface area contributed by atoms with Crippen LogP contribution in [0.5, 0.6) is 0 Å². The molecule has 0 heterocycles. The van der Waals surface area contributed by atoms with Gasteiger partial charge in [-0.25, -0.2) is 0 Å². The van der Waals surface area contributed by atoms with Crippen molar-refractivity contribution in [2.24, 2.45) is 0 Å². The summed E-state index contributed by atoms with van der Waals surface area (Å²) in [6.45, 7) is 1.86. The van der Waals surface area contributed by atoms with Gasteiger partial charge in [-0.05, 0) is 29.5 Å². The normalized spacial score (nSPS) is 13.3. The van der Waals surface area contributed by atoms with Gasteiger partial charge in [0.25, 0.3) is 0 Å². The highest BCUT2D eigenvalue weighted by atomic mass is 19.4. The van der Waals surface area contributed by atoms with Gasteiger partial charge < -0.3 is 10.2 Å². The monoisotopic (exact) mass is 332 g/mol. The van der Waals surface area contributed by atoms with Gasteiger partial charge in [0, 0.05) is 6.42 Å². The van der Waals surface area contributed by atoms with Gasteiger partial charge >= 0.3 is 6.18 Å². The molecule has 0 aliphatic rings. The lowest BCUT2D eigenvalue weighted by molar-refractivity contribution is -0.203. The van der Waals surface area contributed by atoms with Crippen molar-refractivity contribution < 1.29 is 23.4 Å². The van der Waals surface area contributed by atoms with E-state index >= 15 is 0 Å². The highest BCUT2D eigenvalue weighted by Gasteiger charge is 2.38. The van der Waals surface area contributed by atoms with E-state index in [-0.39, 0.29) is 6.61 Å². The van der Waals surface area contributed by atoms with Gasteiger partial charge in [0.15, 0.2) is 6.10 Å². The van der Waals surface area contributed by atoms with Crippen molar-refractivity contribution in [3.8, 4) is 0 Å². The Hall–Kier alpha value is -1.07. The molecule has 0 amide bonds. The van der Waals surface area contributed by atoms with Crippen LogP contribution in [0.1, 0.15) is 62.1 Å². The number of rotatable bonds is 10. The minimum Gasteiger partial charge on any atom is -0.392 e. The molecule has 0 aliphatic carbocycles. The molecule has 23 heavy (non-hydrogen) atoms. The first-order valence-electron chi connectivity index (χ1n) is 8.34. The van der Waals surface area contributed by atoms with Crippen LogP contribution >= 0.6 is 0 Å². The van der Waals surface area contributed by atoms with E-state index in [4.69, 9.17) is 5.11 Å². The van der Waals surface area contributed by atoms with Crippen molar-refractivity contribution in [1.29, 1.82) is 0 Å². The zero-order valence-electron chi connectivity index (χ0n) is 13.7. The summed E-state index contributed by atoms with van der Waals surface area (Å²) in [4.78, 5) is 0. The van der Waals surface area contributed by atoms with E-state index in [0.29, 0.717) is 11.1 Å². The minimum absolute atomic E-state index is 0.315. The lowest BCUT2D eigenvalue weighted by Gasteiger charge is -2.17. The maximum atomic E-state index is 12.4. The summed E-state index contributed by atoms with van der Waals surface area (Å²) in [5, 5.41) is 18.5. The van der Waals surface area contributed by atoms with Gasteiger partial charge in [-0.15, -0.1) is 0 Å². The van der Waals surface area contributed by atoms with Crippen LogP contribution in [-0.2, 0) is 19.4 Å².